The maximum absolute atomic E-state index is 13.2. The largest absolute Gasteiger partial charge is 0.313 e. The molecule has 3 nitrogen and oxygen atoms in total. The van der Waals surface area contributed by atoms with E-state index >= 15 is 0 Å². The van der Waals surface area contributed by atoms with Gasteiger partial charge in [0, 0.05) is 6.04 Å². The van der Waals surface area contributed by atoms with Gasteiger partial charge >= 0.3 is 0 Å². The van der Waals surface area contributed by atoms with Crippen LogP contribution in [0.2, 0.25) is 5.02 Å². The number of rotatable bonds is 8. The second-order valence-corrected chi connectivity index (χ2v) is 7.59. The van der Waals surface area contributed by atoms with Crippen molar-refractivity contribution in [2.75, 3.05) is 6.54 Å². The molecule has 0 amide bonds. The summed E-state index contributed by atoms with van der Waals surface area (Å²) < 4.78 is 38.8. The summed E-state index contributed by atoms with van der Waals surface area (Å²) in [6.07, 6.45) is 2.17. The molecule has 2 atom stereocenters. The van der Waals surface area contributed by atoms with Gasteiger partial charge < -0.3 is 5.32 Å². The van der Waals surface area contributed by atoms with Gasteiger partial charge in [-0.1, -0.05) is 38.8 Å². The van der Waals surface area contributed by atoms with Crippen LogP contribution in [0.15, 0.2) is 23.1 Å². The van der Waals surface area contributed by atoms with E-state index in [1.807, 2.05) is 20.8 Å². The normalized spacial score (nSPS) is 14.9. The van der Waals surface area contributed by atoms with Crippen LogP contribution in [-0.4, -0.2) is 26.3 Å². The molecule has 0 heterocycles. The molecule has 120 valence electrons. The van der Waals surface area contributed by atoms with Crippen molar-refractivity contribution in [1.82, 2.24) is 5.32 Å². The Morgan fingerprint density at radius 3 is 2.43 bits per heavy atom. The maximum Gasteiger partial charge on any atom is 0.182 e. The first kappa shape index (κ1) is 18.4. The second-order valence-electron chi connectivity index (χ2n) is 5.02. The van der Waals surface area contributed by atoms with Crippen LogP contribution in [0.4, 0.5) is 4.39 Å². The quantitative estimate of drug-likeness (QED) is 0.735. The number of hydrogen-bond donors (Lipinski definition) is 1. The maximum atomic E-state index is 13.2. The Morgan fingerprint density at radius 1 is 1.29 bits per heavy atom. The van der Waals surface area contributed by atoms with Gasteiger partial charge in [0.1, 0.15) is 5.82 Å². The van der Waals surface area contributed by atoms with Crippen molar-refractivity contribution in [3.05, 3.63) is 29.0 Å². The Morgan fingerprint density at radius 2 is 1.95 bits per heavy atom. The zero-order chi connectivity index (χ0) is 16.0. The number of halogens is 2. The van der Waals surface area contributed by atoms with Gasteiger partial charge in [-0.2, -0.15) is 0 Å². The van der Waals surface area contributed by atoms with E-state index in [9.17, 15) is 12.8 Å². The Labute approximate surface area is 131 Å². The van der Waals surface area contributed by atoms with E-state index in [1.54, 1.807) is 0 Å². The minimum atomic E-state index is -3.55. The Kier molecular flexibility index (Phi) is 7.10. The molecule has 0 bridgehead atoms. The zero-order valence-electron chi connectivity index (χ0n) is 12.7. The molecule has 1 rings (SSSR count). The summed E-state index contributed by atoms with van der Waals surface area (Å²) >= 11 is 5.71. The molecule has 1 N–H and O–H groups in total. The number of benzene rings is 1. The van der Waals surface area contributed by atoms with Crippen molar-refractivity contribution in [2.45, 2.75) is 56.2 Å². The van der Waals surface area contributed by atoms with Crippen LogP contribution in [0.25, 0.3) is 0 Å². The first-order chi connectivity index (χ1) is 9.88. The van der Waals surface area contributed by atoms with E-state index in [2.05, 4.69) is 5.32 Å². The molecule has 2 unspecified atom stereocenters. The first-order valence-electron chi connectivity index (χ1n) is 7.30. The lowest BCUT2D eigenvalue weighted by Crippen LogP contribution is -2.43. The minimum absolute atomic E-state index is 0.0831. The summed E-state index contributed by atoms with van der Waals surface area (Å²) in [5.74, 6) is -0.611. The summed E-state index contributed by atoms with van der Waals surface area (Å²) in [5, 5.41) is 2.54. The number of sulfone groups is 1. The SMILES string of the molecule is CCCC(NCC)C(CC)S(=O)(=O)c1ccc(F)c(Cl)c1. The van der Waals surface area contributed by atoms with Gasteiger partial charge in [-0.05, 0) is 37.6 Å². The molecule has 0 fully saturated rings. The number of hydrogen-bond acceptors (Lipinski definition) is 3. The van der Waals surface area contributed by atoms with Gasteiger partial charge in [0.15, 0.2) is 9.84 Å². The molecule has 1 aromatic carbocycles. The van der Waals surface area contributed by atoms with Crippen LogP contribution < -0.4 is 5.32 Å². The van der Waals surface area contributed by atoms with Crippen LogP contribution in [0.5, 0.6) is 0 Å². The van der Waals surface area contributed by atoms with Gasteiger partial charge in [-0.25, -0.2) is 12.8 Å². The lowest BCUT2D eigenvalue weighted by molar-refractivity contribution is 0.445. The molecule has 21 heavy (non-hydrogen) atoms. The summed E-state index contributed by atoms with van der Waals surface area (Å²) in [7, 11) is -3.55. The Hall–Kier alpha value is -0.650. The molecule has 0 radical (unpaired) electrons. The Bertz CT molecular complexity index is 557. The van der Waals surface area contributed by atoms with E-state index in [1.165, 1.54) is 12.1 Å². The third-order valence-electron chi connectivity index (χ3n) is 3.54. The molecular formula is C15H23ClFNO2S. The van der Waals surface area contributed by atoms with Crippen molar-refractivity contribution in [2.24, 2.45) is 0 Å². The first-order valence-corrected chi connectivity index (χ1v) is 9.23. The van der Waals surface area contributed by atoms with Gasteiger partial charge in [0.2, 0.25) is 0 Å². The van der Waals surface area contributed by atoms with E-state index in [4.69, 9.17) is 11.6 Å². The molecule has 0 aliphatic heterocycles. The highest BCUT2D eigenvalue weighted by atomic mass is 35.5. The van der Waals surface area contributed by atoms with E-state index < -0.39 is 20.9 Å². The smallest absolute Gasteiger partial charge is 0.182 e. The monoisotopic (exact) mass is 335 g/mol. The van der Waals surface area contributed by atoms with E-state index in [0.29, 0.717) is 13.0 Å². The van der Waals surface area contributed by atoms with E-state index in [-0.39, 0.29) is 16.0 Å². The molecule has 6 heteroatoms. The molecule has 0 spiro atoms. The molecule has 1 aromatic rings. The third kappa shape index (κ3) is 4.41. The van der Waals surface area contributed by atoms with Crippen LogP contribution in [0, 0.1) is 5.82 Å². The van der Waals surface area contributed by atoms with Gasteiger partial charge in [-0.3, -0.25) is 0 Å². The summed E-state index contributed by atoms with van der Waals surface area (Å²) in [5.41, 5.74) is 0. The number of nitrogens with one attached hydrogen (secondary N) is 1. The molecule has 0 saturated carbocycles. The second kappa shape index (κ2) is 8.11. The van der Waals surface area contributed by atoms with Crippen LogP contribution >= 0.6 is 11.6 Å². The van der Waals surface area contributed by atoms with Crippen LogP contribution in [0.3, 0.4) is 0 Å². The highest BCUT2D eigenvalue weighted by molar-refractivity contribution is 7.92. The van der Waals surface area contributed by atoms with Crippen LogP contribution in [0.1, 0.15) is 40.0 Å². The topological polar surface area (TPSA) is 46.2 Å². The summed E-state index contributed by atoms with van der Waals surface area (Å²) in [6, 6.07) is 3.47. The molecule has 0 saturated heterocycles. The Balaban J connectivity index is 3.19. The van der Waals surface area contributed by atoms with Crippen molar-refractivity contribution in [3.8, 4) is 0 Å². The fraction of sp³-hybridized carbons (Fsp3) is 0.600. The fourth-order valence-corrected chi connectivity index (χ4v) is 4.78. The molecule has 0 aromatic heterocycles. The lowest BCUT2D eigenvalue weighted by atomic mass is 10.1. The highest BCUT2D eigenvalue weighted by Crippen LogP contribution is 2.26. The summed E-state index contributed by atoms with van der Waals surface area (Å²) in [4.78, 5) is 0.0831. The lowest BCUT2D eigenvalue weighted by Gasteiger charge is -2.26. The van der Waals surface area contributed by atoms with Crippen molar-refractivity contribution in [3.63, 3.8) is 0 Å². The van der Waals surface area contributed by atoms with Crippen molar-refractivity contribution in [1.29, 1.82) is 0 Å². The molecular weight excluding hydrogens is 313 g/mol. The van der Waals surface area contributed by atoms with Crippen molar-refractivity contribution >= 4 is 21.4 Å². The zero-order valence-corrected chi connectivity index (χ0v) is 14.3. The molecule has 0 aliphatic carbocycles. The average molecular weight is 336 g/mol. The third-order valence-corrected chi connectivity index (χ3v) is 6.19. The van der Waals surface area contributed by atoms with Crippen LogP contribution in [-0.2, 0) is 9.84 Å². The predicted molar refractivity (Wildman–Crippen MR) is 85.0 cm³/mol. The standard InChI is InChI=1S/C15H23ClFNO2S/c1-4-7-14(18-6-3)15(5-2)21(19,20)11-8-9-13(17)12(16)10-11/h8-10,14-15,18H,4-7H2,1-3H3. The van der Waals surface area contributed by atoms with Gasteiger partial charge in [0.05, 0.1) is 15.2 Å². The highest BCUT2D eigenvalue weighted by Gasteiger charge is 2.32. The molecule has 0 aliphatic rings. The van der Waals surface area contributed by atoms with Gasteiger partial charge in [0.25, 0.3) is 0 Å². The summed E-state index contributed by atoms with van der Waals surface area (Å²) in [6.45, 7) is 6.55. The van der Waals surface area contributed by atoms with Crippen molar-refractivity contribution < 1.29 is 12.8 Å². The van der Waals surface area contributed by atoms with E-state index in [0.717, 1.165) is 18.9 Å². The fourth-order valence-electron chi connectivity index (χ4n) is 2.54. The average Bonchev–Trinajstić information content (AvgIpc) is 2.42. The minimum Gasteiger partial charge on any atom is -0.313 e. The van der Waals surface area contributed by atoms with Gasteiger partial charge in [-0.15, -0.1) is 0 Å². The predicted octanol–water partition coefficient (Wildman–Crippen LogP) is 3.81.